The molecule has 0 heterocycles. The monoisotopic (exact) mass is 246 g/mol. The Labute approximate surface area is 91.1 Å². The second-order valence-electron chi connectivity index (χ2n) is 2.73. The van der Waals surface area contributed by atoms with Crippen LogP contribution in [0.2, 0.25) is 0 Å². The van der Waals surface area contributed by atoms with E-state index in [9.17, 15) is 13.5 Å². The number of phenols is 1. The van der Waals surface area contributed by atoms with Crippen molar-refractivity contribution in [2.75, 3.05) is 0 Å². The third-order valence-electron chi connectivity index (χ3n) is 1.78. The zero-order valence-corrected chi connectivity index (χ0v) is 9.01. The fraction of sp³-hybridized carbons (Fsp3) is 0.125. The van der Waals surface area contributed by atoms with Crippen molar-refractivity contribution in [2.45, 2.75) is 11.4 Å². The van der Waals surface area contributed by atoms with Crippen LogP contribution in [-0.4, -0.2) is 13.5 Å². The van der Waals surface area contributed by atoms with Crippen LogP contribution in [0.5, 0.6) is 5.75 Å². The summed E-state index contributed by atoms with van der Waals surface area (Å²) >= 11 is 0. The van der Waals surface area contributed by atoms with Crippen molar-refractivity contribution >= 4 is 19.7 Å². The molecule has 0 fully saturated rings. The number of nitrogens with zero attached hydrogens (tertiary/aromatic N) is 1. The van der Waals surface area contributed by atoms with Crippen LogP contribution < -0.4 is 5.73 Å². The molecule has 1 aromatic rings. The van der Waals surface area contributed by atoms with Gasteiger partial charge in [-0.05, 0) is 12.1 Å². The molecular formula is C8H7ClN2O3S. The van der Waals surface area contributed by atoms with E-state index in [0.717, 1.165) is 12.1 Å². The average Bonchev–Trinajstić information content (AvgIpc) is 2.15. The first-order valence-corrected chi connectivity index (χ1v) is 6.11. The molecule has 5 nitrogen and oxygen atoms in total. The van der Waals surface area contributed by atoms with Gasteiger partial charge in [-0.3, -0.25) is 0 Å². The number of halogens is 1. The number of hydrogen-bond donors (Lipinski definition) is 2. The number of rotatable bonds is 2. The predicted octanol–water partition coefficient (Wildman–Crippen LogP) is 0.650. The van der Waals surface area contributed by atoms with E-state index in [1.807, 2.05) is 0 Å². The second kappa shape index (κ2) is 4.06. The molecule has 0 aliphatic carbocycles. The van der Waals surface area contributed by atoms with Gasteiger partial charge < -0.3 is 10.8 Å². The minimum Gasteiger partial charge on any atom is -0.508 e. The van der Waals surface area contributed by atoms with Crippen molar-refractivity contribution in [3.05, 3.63) is 23.3 Å². The fourth-order valence-electron chi connectivity index (χ4n) is 1.06. The van der Waals surface area contributed by atoms with Gasteiger partial charge in [-0.2, -0.15) is 5.26 Å². The number of nitriles is 1. The summed E-state index contributed by atoms with van der Waals surface area (Å²) in [6, 6.07) is 3.75. The maximum atomic E-state index is 11.1. The lowest BCUT2D eigenvalue weighted by molar-refractivity contribution is 0.467. The Hall–Kier alpha value is -1.29. The highest BCUT2D eigenvalue weighted by Crippen LogP contribution is 2.27. The molecule has 0 atom stereocenters. The zero-order valence-electron chi connectivity index (χ0n) is 7.44. The lowest BCUT2D eigenvalue weighted by Gasteiger charge is -2.05. The van der Waals surface area contributed by atoms with Gasteiger partial charge in [0.1, 0.15) is 16.7 Å². The van der Waals surface area contributed by atoms with E-state index in [1.165, 1.54) is 0 Å². The molecule has 0 bridgehead atoms. The largest absolute Gasteiger partial charge is 0.508 e. The van der Waals surface area contributed by atoms with Crippen molar-refractivity contribution in [1.82, 2.24) is 0 Å². The Balaban J connectivity index is 3.59. The maximum Gasteiger partial charge on any atom is 0.262 e. The number of nitrogens with two attached hydrogens (primary N) is 1. The van der Waals surface area contributed by atoms with Gasteiger partial charge >= 0.3 is 0 Å². The van der Waals surface area contributed by atoms with E-state index in [0.29, 0.717) is 0 Å². The smallest absolute Gasteiger partial charge is 0.262 e. The molecule has 15 heavy (non-hydrogen) atoms. The number of phenolic OH excluding ortho intramolecular Hbond substituents is 1. The van der Waals surface area contributed by atoms with Crippen LogP contribution in [0.4, 0.5) is 0 Å². The summed E-state index contributed by atoms with van der Waals surface area (Å²) in [7, 11) is 1.11. The summed E-state index contributed by atoms with van der Waals surface area (Å²) < 4.78 is 22.2. The van der Waals surface area contributed by atoms with E-state index < -0.39 is 9.05 Å². The highest BCUT2D eigenvalue weighted by molar-refractivity contribution is 8.13. The summed E-state index contributed by atoms with van der Waals surface area (Å²) in [5.74, 6) is -0.224. The molecule has 1 aromatic carbocycles. The highest BCUT2D eigenvalue weighted by Gasteiger charge is 2.18. The van der Waals surface area contributed by atoms with Crippen molar-refractivity contribution in [1.29, 1.82) is 5.26 Å². The molecule has 80 valence electrons. The van der Waals surface area contributed by atoms with Crippen molar-refractivity contribution < 1.29 is 13.5 Å². The summed E-state index contributed by atoms with van der Waals surface area (Å²) in [6.45, 7) is -0.0447. The Kier molecular flexibility index (Phi) is 3.19. The van der Waals surface area contributed by atoms with Crippen LogP contribution >= 0.6 is 10.7 Å². The van der Waals surface area contributed by atoms with Gasteiger partial charge in [-0.15, -0.1) is 0 Å². The topological polar surface area (TPSA) is 104 Å². The molecule has 0 unspecified atom stereocenters. The highest BCUT2D eigenvalue weighted by atomic mass is 35.7. The van der Waals surface area contributed by atoms with Crippen molar-refractivity contribution in [3.63, 3.8) is 0 Å². The van der Waals surface area contributed by atoms with Gasteiger partial charge in [0.15, 0.2) is 0 Å². The van der Waals surface area contributed by atoms with Crippen molar-refractivity contribution in [2.24, 2.45) is 5.73 Å². The lowest BCUT2D eigenvalue weighted by Crippen LogP contribution is -2.02. The predicted molar refractivity (Wildman–Crippen MR) is 53.8 cm³/mol. The second-order valence-corrected chi connectivity index (χ2v) is 5.27. The van der Waals surface area contributed by atoms with E-state index in [-0.39, 0.29) is 28.3 Å². The SMILES string of the molecule is N#Cc1cc(O)c(CN)cc1S(=O)(=O)Cl. The van der Waals surface area contributed by atoms with Gasteiger partial charge in [0, 0.05) is 22.8 Å². The summed E-state index contributed by atoms with van der Waals surface area (Å²) in [5.41, 5.74) is 5.28. The third-order valence-corrected chi connectivity index (χ3v) is 3.15. The Morgan fingerprint density at radius 2 is 2.13 bits per heavy atom. The summed E-state index contributed by atoms with van der Waals surface area (Å²) in [5, 5.41) is 18.0. The van der Waals surface area contributed by atoms with Gasteiger partial charge in [0.05, 0.1) is 5.56 Å². The standard InChI is InChI=1S/C8H7ClN2O3S/c9-15(13,14)8-2-5(3-10)7(12)1-6(8)4-11/h1-2,12H,3,10H2. The molecule has 7 heteroatoms. The summed E-state index contributed by atoms with van der Waals surface area (Å²) in [6.07, 6.45) is 0. The van der Waals surface area contributed by atoms with Crippen molar-refractivity contribution in [3.8, 4) is 11.8 Å². The Morgan fingerprint density at radius 1 is 1.53 bits per heavy atom. The molecule has 0 amide bonds. The molecular weight excluding hydrogens is 240 g/mol. The molecule has 0 saturated heterocycles. The van der Waals surface area contributed by atoms with Crippen LogP contribution in [0.25, 0.3) is 0 Å². The lowest BCUT2D eigenvalue weighted by atomic mass is 10.1. The van der Waals surface area contributed by atoms with Crippen LogP contribution in [0.1, 0.15) is 11.1 Å². The van der Waals surface area contributed by atoms with E-state index in [4.69, 9.17) is 21.7 Å². The maximum absolute atomic E-state index is 11.1. The average molecular weight is 247 g/mol. The first-order valence-electron chi connectivity index (χ1n) is 3.81. The molecule has 0 radical (unpaired) electrons. The van der Waals surface area contributed by atoms with Crippen LogP contribution in [-0.2, 0) is 15.6 Å². The van der Waals surface area contributed by atoms with E-state index in [1.54, 1.807) is 6.07 Å². The minimum atomic E-state index is -4.01. The molecule has 3 N–H and O–H groups in total. The van der Waals surface area contributed by atoms with Gasteiger partial charge in [-0.25, -0.2) is 8.42 Å². The summed E-state index contributed by atoms with van der Waals surface area (Å²) in [4.78, 5) is -0.343. The molecule has 0 aromatic heterocycles. The number of hydrogen-bond acceptors (Lipinski definition) is 5. The van der Waals surface area contributed by atoms with Crippen LogP contribution in [0.15, 0.2) is 17.0 Å². The van der Waals surface area contributed by atoms with Gasteiger partial charge in [0.25, 0.3) is 9.05 Å². The quantitative estimate of drug-likeness (QED) is 0.746. The molecule has 0 aliphatic rings. The van der Waals surface area contributed by atoms with Crippen LogP contribution in [0.3, 0.4) is 0 Å². The van der Waals surface area contributed by atoms with E-state index >= 15 is 0 Å². The fourth-order valence-corrected chi connectivity index (χ4v) is 2.10. The zero-order chi connectivity index (χ0) is 11.6. The van der Waals surface area contributed by atoms with E-state index in [2.05, 4.69) is 0 Å². The number of aromatic hydroxyl groups is 1. The van der Waals surface area contributed by atoms with Gasteiger partial charge in [-0.1, -0.05) is 0 Å². The first kappa shape index (κ1) is 11.8. The first-order chi connectivity index (χ1) is 6.90. The third kappa shape index (κ3) is 2.39. The Morgan fingerprint density at radius 3 is 2.53 bits per heavy atom. The van der Waals surface area contributed by atoms with Gasteiger partial charge in [0.2, 0.25) is 0 Å². The normalized spacial score (nSPS) is 11.0. The molecule has 1 rings (SSSR count). The number of benzene rings is 1. The molecule has 0 aliphatic heterocycles. The Bertz CT molecular complexity index is 534. The molecule has 0 saturated carbocycles. The minimum absolute atomic E-state index is 0.0447. The van der Waals surface area contributed by atoms with Crippen LogP contribution in [0, 0.1) is 11.3 Å². The molecule has 0 spiro atoms.